The Morgan fingerprint density at radius 1 is 1.28 bits per heavy atom. The maximum absolute atomic E-state index is 11.9. The molecule has 0 unspecified atom stereocenters. The van der Waals surface area contributed by atoms with Gasteiger partial charge in [0.2, 0.25) is 0 Å². The van der Waals surface area contributed by atoms with E-state index in [-0.39, 0.29) is 11.6 Å². The fourth-order valence-electron chi connectivity index (χ4n) is 1.24. The molecule has 0 aromatic carbocycles. The van der Waals surface area contributed by atoms with Crippen LogP contribution in [-0.4, -0.2) is 34.0 Å². The van der Waals surface area contributed by atoms with Gasteiger partial charge in [-0.3, -0.25) is 4.79 Å². The molecule has 0 saturated heterocycles. The van der Waals surface area contributed by atoms with Crippen molar-refractivity contribution in [3.8, 4) is 0 Å². The first-order valence-corrected chi connectivity index (χ1v) is 5.81. The monoisotopic (exact) mass is 255 g/mol. The summed E-state index contributed by atoms with van der Waals surface area (Å²) in [5.74, 6) is -0.569. The molecule has 6 nitrogen and oxygen atoms in total. The van der Waals surface area contributed by atoms with E-state index >= 15 is 0 Å². The lowest BCUT2D eigenvalue weighted by Crippen LogP contribution is -2.48. The van der Waals surface area contributed by atoms with E-state index in [2.05, 4.69) is 10.1 Å². The second-order valence-corrected chi connectivity index (χ2v) is 5.42. The quantitative estimate of drug-likeness (QED) is 0.471. The van der Waals surface area contributed by atoms with Gasteiger partial charge in [0.15, 0.2) is 0 Å². The third-order valence-electron chi connectivity index (χ3n) is 2.13. The highest BCUT2D eigenvalue weighted by Crippen LogP contribution is 2.09. The van der Waals surface area contributed by atoms with E-state index in [1.165, 1.54) is 6.92 Å². The van der Waals surface area contributed by atoms with Crippen molar-refractivity contribution < 1.29 is 19.1 Å². The molecule has 0 spiro atoms. The number of alkyl carbamates (subject to hydrolysis) is 1. The number of hydrogen-bond acceptors (Lipinski definition) is 3. The van der Waals surface area contributed by atoms with Crippen LogP contribution in [-0.2, 0) is 9.53 Å². The van der Waals surface area contributed by atoms with E-state index in [9.17, 15) is 9.59 Å². The molecule has 6 heteroatoms. The van der Waals surface area contributed by atoms with Gasteiger partial charge in [-0.2, -0.15) is 4.79 Å². The van der Waals surface area contributed by atoms with Crippen molar-refractivity contribution in [3.05, 3.63) is 5.53 Å². The van der Waals surface area contributed by atoms with Gasteiger partial charge in [0.05, 0.1) is 0 Å². The van der Waals surface area contributed by atoms with Crippen LogP contribution in [0.2, 0.25) is 0 Å². The van der Waals surface area contributed by atoms with Crippen molar-refractivity contribution in [3.63, 3.8) is 0 Å². The summed E-state index contributed by atoms with van der Waals surface area (Å²) in [5, 5.41) is 2.49. The van der Waals surface area contributed by atoms with Crippen molar-refractivity contribution in [2.45, 2.75) is 53.2 Å². The molecule has 1 N–H and O–H groups in total. The third-order valence-corrected chi connectivity index (χ3v) is 2.13. The fourth-order valence-corrected chi connectivity index (χ4v) is 1.24. The predicted octanol–water partition coefficient (Wildman–Crippen LogP) is 1.80. The number of nitrogens with one attached hydrogen (secondary N) is 1. The third kappa shape index (κ3) is 5.59. The van der Waals surface area contributed by atoms with Gasteiger partial charge in [0, 0.05) is 6.92 Å². The summed E-state index contributed by atoms with van der Waals surface area (Å²) >= 11 is 0. The molecular formula is C12H21N3O3. The maximum Gasteiger partial charge on any atom is 0.408 e. The molecule has 0 saturated carbocycles. The van der Waals surface area contributed by atoms with Crippen LogP contribution in [0.4, 0.5) is 4.79 Å². The van der Waals surface area contributed by atoms with Crippen LogP contribution in [0, 0.1) is 5.92 Å². The molecule has 1 atom stereocenters. The summed E-state index contributed by atoms with van der Waals surface area (Å²) in [6.07, 6.45) is -0.666. The average molecular weight is 255 g/mol. The Bertz CT molecular complexity index is 377. The summed E-state index contributed by atoms with van der Waals surface area (Å²) in [5.41, 5.74) is 7.90. The molecule has 0 heterocycles. The van der Waals surface area contributed by atoms with E-state index in [1.54, 1.807) is 34.6 Å². The van der Waals surface area contributed by atoms with E-state index < -0.39 is 23.5 Å². The Morgan fingerprint density at radius 2 is 1.78 bits per heavy atom. The SMILES string of the molecule is CC(=[N+]=[N-])C(=O)[C@@H](NC(=O)OC(C)(C)C)C(C)C. The van der Waals surface area contributed by atoms with Crippen molar-refractivity contribution >= 4 is 17.6 Å². The number of ether oxygens (including phenoxy) is 1. The number of carbonyl (C=O) groups is 2. The summed E-state index contributed by atoms with van der Waals surface area (Å²) < 4.78 is 5.08. The molecule has 0 aliphatic heterocycles. The lowest BCUT2D eigenvalue weighted by Gasteiger charge is -2.23. The van der Waals surface area contributed by atoms with Gasteiger partial charge >= 0.3 is 11.8 Å². The van der Waals surface area contributed by atoms with E-state index in [1.807, 2.05) is 0 Å². The number of carbonyl (C=O) groups excluding carboxylic acids is 2. The molecule has 0 aromatic heterocycles. The summed E-state index contributed by atoms with van der Waals surface area (Å²) in [4.78, 5) is 26.3. The van der Waals surface area contributed by atoms with E-state index in [0.717, 1.165) is 0 Å². The number of rotatable bonds is 4. The number of nitrogens with zero attached hydrogens (tertiary/aromatic N) is 2. The van der Waals surface area contributed by atoms with Crippen molar-refractivity contribution in [1.82, 2.24) is 5.32 Å². The Balaban J connectivity index is 4.81. The lowest BCUT2D eigenvalue weighted by molar-refractivity contribution is -0.120. The van der Waals surface area contributed by atoms with Crippen molar-refractivity contribution in [2.24, 2.45) is 5.92 Å². The van der Waals surface area contributed by atoms with E-state index in [0.29, 0.717) is 0 Å². The molecule has 0 bridgehead atoms. The minimum Gasteiger partial charge on any atom is -0.444 e. The number of amides is 1. The van der Waals surface area contributed by atoms with Gasteiger partial charge in [-0.1, -0.05) is 13.8 Å². The predicted molar refractivity (Wildman–Crippen MR) is 67.3 cm³/mol. The normalized spacial score (nSPS) is 12.6. The summed E-state index contributed by atoms with van der Waals surface area (Å²) in [6, 6.07) is -0.768. The summed E-state index contributed by atoms with van der Waals surface area (Å²) in [7, 11) is 0. The summed E-state index contributed by atoms with van der Waals surface area (Å²) in [6.45, 7) is 10.2. The number of hydrogen-bond donors (Lipinski definition) is 1. The molecule has 102 valence electrons. The number of ketones is 1. The standard InChI is InChI=1S/C12H21N3O3/c1-7(2)9(10(16)8(3)15-13)14-11(17)18-12(4,5)6/h7,9H,1-6H3,(H,14,17)/t9-/m0/s1. The van der Waals surface area contributed by atoms with Gasteiger partial charge in [-0.15, -0.1) is 0 Å². The van der Waals surface area contributed by atoms with Crippen molar-refractivity contribution in [2.75, 3.05) is 0 Å². The van der Waals surface area contributed by atoms with Crippen molar-refractivity contribution in [1.29, 1.82) is 0 Å². The highest BCUT2D eigenvalue weighted by molar-refractivity contribution is 6.38. The van der Waals surface area contributed by atoms with Crippen LogP contribution in [0.25, 0.3) is 5.53 Å². The average Bonchev–Trinajstić information content (AvgIpc) is 2.20. The molecule has 0 radical (unpaired) electrons. The van der Waals surface area contributed by atoms with E-state index in [4.69, 9.17) is 10.3 Å². The fraction of sp³-hybridized carbons (Fsp3) is 0.750. The Kier molecular flexibility index (Phi) is 5.72. The van der Waals surface area contributed by atoms with Crippen LogP contribution in [0.3, 0.4) is 0 Å². The largest absolute Gasteiger partial charge is 0.444 e. The van der Waals surface area contributed by atoms with Gasteiger partial charge in [-0.25, -0.2) is 4.79 Å². The second-order valence-electron chi connectivity index (χ2n) is 5.42. The topological polar surface area (TPSA) is 91.8 Å². The highest BCUT2D eigenvalue weighted by Gasteiger charge is 2.31. The van der Waals surface area contributed by atoms with Crippen LogP contribution >= 0.6 is 0 Å². The van der Waals surface area contributed by atoms with Crippen LogP contribution < -0.4 is 5.32 Å². The van der Waals surface area contributed by atoms with Crippen LogP contribution in [0.15, 0.2) is 0 Å². The molecule has 0 aliphatic carbocycles. The molecule has 0 aromatic rings. The van der Waals surface area contributed by atoms with Crippen LogP contribution in [0.1, 0.15) is 41.5 Å². The molecule has 0 fully saturated rings. The first-order valence-electron chi connectivity index (χ1n) is 5.81. The second kappa shape index (κ2) is 6.31. The molecular weight excluding hydrogens is 234 g/mol. The zero-order valence-electron chi connectivity index (χ0n) is 11.8. The Hall–Kier alpha value is -1.68. The maximum atomic E-state index is 11.9. The van der Waals surface area contributed by atoms with Gasteiger partial charge in [-0.05, 0) is 26.7 Å². The minimum atomic E-state index is -0.768. The van der Waals surface area contributed by atoms with Gasteiger partial charge in [0.1, 0.15) is 11.6 Å². The van der Waals surface area contributed by atoms with Gasteiger partial charge < -0.3 is 15.6 Å². The molecule has 18 heavy (non-hydrogen) atoms. The minimum absolute atomic E-state index is 0.0511. The molecule has 0 rings (SSSR count). The zero-order valence-corrected chi connectivity index (χ0v) is 11.8. The van der Waals surface area contributed by atoms with Gasteiger partial charge in [0.25, 0.3) is 5.78 Å². The zero-order chi connectivity index (χ0) is 14.5. The lowest BCUT2D eigenvalue weighted by atomic mass is 9.97. The van der Waals surface area contributed by atoms with Crippen LogP contribution in [0.5, 0.6) is 0 Å². The highest BCUT2D eigenvalue weighted by atomic mass is 16.6. The Labute approximate surface area is 107 Å². The molecule has 1 amide bonds. The first-order chi connectivity index (χ1) is 8.08. The smallest absolute Gasteiger partial charge is 0.408 e. The Morgan fingerprint density at radius 3 is 2.11 bits per heavy atom. The number of Topliss-reactive ketones (excluding diaryl/α,β-unsaturated/α-hetero) is 1. The molecule has 0 aliphatic rings. The first kappa shape index (κ1) is 16.3.